The second-order valence-corrected chi connectivity index (χ2v) is 10.6. The Bertz CT molecular complexity index is 1390. The SMILES string of the molecule is CC(=N[S@+]([O-])C(C)(C)C)c1cc(C)cc2c(=O)n(C)c(-c3coc4ccccc34)nc12. The first-order chi connectivity index (χ1) is 14.6. The first-order valence-corrected chi connectivity index (χ1v) is 11.1. The zero-order valence-corrected chi connectivity index (χ0v) is 19.3. The molecule has 6 nitrogen and oxygen atoms in total. The van der Waals surface area contributed by atoms with Crippen molar-refractivity contribution in [1.82, 2.24) is 9.55 Å². The molecule has 2 aromatic heterocycles. The number of furan rings is 1. The molecule has 1 atom stereocenters. The van der Waals surface area contributed by atoms with E-state index in [9.17, 15) is 9.35 Å². The van der Waals surface area contributed by atoms with Crippen LogP contribution in [0, 0.1) is 6.92 Å². The van der Waals surface area contributed by atoms with Crippen LogP contribution in [0.15, 0.2) is 56.3 Å². The van der Waals surface area contributed by atoms with Crippen LogP contribution in [0.5, 0.6) is 0 Å². The lowest BCUT2D eigenvalue weighted by Crippen LogP contribution is -2.27. The summed E-state index contributed by atoms with van der Waals surface area (Å²) in [6.45, 7) is 9.37. The van der Waals surface area contributed by atoms with E-state index in [1.54, 1.807) is 17.9 Å². The molecule has 0 spiro atoms. The molecule has 160 valence electrons. The number of para-hydroxylation sites is 1. The van der Waals surface area contributed by atoms with Crippen LogP contribution in [0.1, 0.15) is 38.8 Å². The van der Waals surface area contributed by atoms with Gasteiger partial charge in [0, 0.05) is 18.0 Å². The second-order valence-electron chi connectivity index (χ2n) is 8.69. The Kier molecular flexibility index (Phi) is 5.27. The van der Waals surface area contributed by atoms with Gasteiger partial charge in [0.05, 0.1) is 22.2 Å². The van der Waals surface area contributed by atoms with Crippen molar-refractivity contribution in [2.24, 2.45) is 11.4 Å². The Labute approximate surface area is 184 Å². The monoisotopic (exact) mass is 435 g/mol. The minimum Gasteiger partial charge on any atom is -0.591 e. The number of aryl methyl sites for hydroxylation is 1. The van der Waals surface area contributed by atoms with E-state index in [4.69, 9.17) is 9.40 Å². The van der Waals surface area contributed by atoms with Crippen molar-refractivity contribution in [3.8, 4) is 11.4 Å². The average Bonchev–Trinajstić information content (AvgIpc) is 3.13. The fourth-order valence-corrected chi connectivity index (χ4v) is 4.12. The van der Waals surface area contributed by atoms with Gasteiger partial charge in [0.2, 0.25) is 0 Å². The summed E-state index contributed by atoms with van der Waals surface area (Å²) in [4.78, 5) is 18.2. The molecule has 0 aliphatic rings. The minimum atomic E-state index is -1.42. The molecule has 0 bridgehead atoms. The highest BCUT2D eigenvalue weighted by Gasteiger charge is 2.27. The van der Waals surface area contributed by atoms with E-state index < -0.39 is 16.1 Å². The van der Waals surface area contributed by atoms with Crippen molar-refractivity contribution in [3.05, 3.63) is 64.1 Å². The van der Waals surface area contributed by atoms with Crippen LogP contribution in [0.3, 0.4) is 0 Å². The summed E-state index contributed by atoms with van der Waals surface area (Å²) in [6.07, 6.45) is 1.63. The van der Waals surface area contributed by atoms with Gasteiger partial charge in [-0.1, -0.05) is 22.6 Å². The lowest BCUT2D eigenvalue weighted by Gasteiger charge is -2.19. The Hall–Kier alpha value is -2.90. The average molecular weight is 436 g/mol. The van der Waals surface area contributed by atoms with E-state index >= 15 is 0 Å². The minimum absolute atomic E-state index is 0.153. The van der Waals surface area contributed by atoms with Gasteiger partial charge in [-0.3, -0.25) is 9.36 Å². The maximum absolute atomic E-state index is 13.3. The summed E-state index contributed by atoms with van der Waals surface area (Å²) in [6, 6.07) is 11.4. The molecule has 0 amide bonds. The highest BCUT2D eigenvalue weighted by molar-refractivity contribution is 7.91. The Morgan fingerprint density at radius 2 is 1.90 bits per heavy atom. The van der Waals surface area contributed by atoms with Gasteiger partial charge >= 0.3 is 0 Å². The van der Waals surface area contributed by atoms with E-state index in [2.05, 4.69) is 4.40 Å². The lowest BCUT2D eigenvalue weighted by atomic mass is 10.0. The molecule has 0 fully saturated rings. The summed E-state index contributed by atoms with van der Waals surface area (Å²) in [5.74, 6) is 0.511. The third-order valence-electron chi connectivity index (χ3n) is 5.18. The predicted molar refractivity (Wildman–Crippen MR) is 127 cm³/mol. The summed E-state index contributed by atoms with van der Waals surface area (Å²) in [7, 11) is 1.71. The number of benzene rings is 2. The predicted octanol–water partition coefficient (Wildman–Crippen LogP) is 4.93. The number of hydrogen-bond donors (Lipinski definition) is 0. The third-order valence-corrected chi connectivity index (χ3v) is 6.67. The zero-order chi connectivity index (χ0) is 22.5. The fraction of sp³-hybridized carbons (Fsp3) is 0.292. The molecule has 0 saturated heterocycles. The molecular formula is C24H25N3O3S. The van der Waals surface area contributed by atoms with Gasteiger partial charge in [-0.25, -0.2) is 4.98 Å². The van der Waals surface area contributed by atoms with Crippen LogP contribution in [0.25, 0.3) is 33.3 Å². The van der Waals surface area contributed by atoms with Crippen molar-refractivity contribution < 1.29 is 8.97 Å². The zero-order valence-electron chi connectivity index (χ0n) is 18.5. The van der Waals surface area contributed by atoms with Gasteiger partial charge in [-0.15, -0.1) is 0 Å². The largest absolute Gasteiger partial charge is 0.591 e. The van der Waals surface area contributed by atoms with Crippen LogP contribution >= 0.6 is 0 Å². The van der Waals surface area contributed by atoms with Crippen molar-refractivity contribution in [2.45, 2.75) is 39.4 Å². The van der Waals surface area contributed by atoms with Gasteiger partial charge in [0.15, 0.2) is 0 Å². The van der Waals surface area contributed by atoms with Gasteiger partial charge in [-0.05, 0) is 58.4 Å². The lowest BCUT2D eigenvalue weighted by molar-refractivity contribution is 0.561. The third kappa shape index (κ3) is 3.79. The Morgan fingerprint density at radius 3 is 2.61 bits per heavy atom. The number of nitrogens with zero attached hydrogens (tertiary/aromatic N) is 3. The Morgan fingerprint density at radius 1 is 1.19 bits per heavy atom. The molecule has 0 unspecified atom stereocenters. The van der Waals surface area contributed by atoms with Gasteiger partial charge in [-0.2, -0.15) is 0 Å². The summed E-state index contributed by atoms with van der Waals surface area (Å²) >= 11 is -1.42. The summed E-state index contributed by atoms with van der Waals surface area (Å²) in [5.41, 5.74) is 4.08. The van der Waals surface area contributed by atoms with Crippen molar-refractivity contribution in [1.29, 1.82) is 0 Å². The van der Waals surface area contributed by atoms with E-state index in [-0.39, 0.29) is 5.56 Å². The smallest absolute Gasteiger partial charge is 0.261 e. The van der Waals surface area contributed by atoms with Crippen molar-refractivity contribution in [3.63, 3.8) is 0 Å². The number of fused-ring (bicyclic) bond motifs is 2. The van der Waals surface area contributed by atoms with E-state index in [0.717, 1.165) is 22.1 Å². The van der Waals surface area contributed by atoms with Crippen LogP contribution in [0.4, 0.5) is 0 Å². The maximum atomic E-state index is 13.3. The summed E-state index contributed by atoms with van der Waals surface area (Å²) < 4.78 is 23.8. The van der Waals surface area contributed by atoms with Crippen molar-refractivity contribution >= 4 is 38.9 Å². The normalized spacial score (nSPS) is 13.8. The molecule has 0 saturated carbocycles. The quantitative estimate of drug-likeness (QED) is 0.337. The van der Waals surface area contributed by atoms with E-state index in [0.29, 0.717) is 28.0 Å². The molecule has 0 aliphatic carbocycles. The van der Waals surface area contributed by atoms with Crippen LogP contribution in [0.2, 0.25) is 0 Å². The molecular weight excluding hydrogens is 410 g/mol. The standard InChI is InChI=1S/C24H25N3O3S/c1-14-11-17(15(2)26-31(29)24(3,4)5)21-18(12-14)23(28)27(6)22(25-21)19-13-30-20-10-8-7-9-16(19)20/h7-13H,1-6H3/t31-/m1/s1. The van der Waals surface area contributed by atoms with Crippen molar-refractivity contribution in [2.75, 3.05) is 0 Å². The topological polar surface area (TPSA) is 83.5 Å². The number of rotatable bonds is 3. The van der Waals surface area contributed by atoms with Crippen LogP contribution in [-0.2, 0) is 18.4 Å². The molecule has 2 aromatic carbocycles. The van der Waals surface area contributed by atoms with E-state index in [1.807, 2.05) is 71.0 Å². The molecule has 0 radical (unpaired) electrons. The fourth-order valence-electron chi connectivity index (χ4n) is 3.50. The van der Waals surface area contributed by atoms with E-state index in [1.165, 1.54) is 0 Å². The van der Waals surface area contributed by atoms with Gasteiger partial charge < -0.3 is 8.97 Å². The number of hydrogen-bond acceptors (Lipinski definition) is 5. The molecule has 31 heavy (non-hydrogen) atoms. The molecule has 2 heterocycles. The van der Waals surface area contributed by atoms with Crippen LogP contribution < -0.4 is 5.56 Å². The number of aromatic nitrogens is 2. The molecule has 4 aromatic rings. The first kappa shape index (κ1) is 21.3. The second kappa shape index (κ2) is 7.66. The van der Waals surface area contributed by atoms with Gasteiger partial charge in [0.25, 0.3) is 5.56 Å². The maximum Gasteiger partial charge on any atom is 0.261 e. The Balaban J connectivity index is 2.01. The molecule has 4 rings (SSSR count). The highest BCUT2D eigenvalue weighted by Crippen LogP contribution is 2.30. The highest BCUT2D eigenvalue weighted by atomic mass is 32.2. The molecule has 0 aliphatic heterocycles. The first-order valence-electron chi connectivity index (χ1n) is 10.0. The summed E-state index contributed by atoms with van der Waals surface area (Å²) in [5, 5.41) is 1.39. The van der Waals surface area contributed by atoms with Crippen LogP contribution in [-0.4, -0.2) is 24.6 Å². The molecule has 7 heteroatoms. The molecule has 0 N–H and O–H groups in total. The van der Waals surface area contributed by atoms with Gasteiger partial charge in [0.1, 0.15) is 33.8 Å².